The van der Waals surface area contributed by atoms with Gasteiger partial charge in [0.25, 0.3) is 0 Å². The van der Waals surface area contributed by atoms with E-state index >= 15 is 0 Å². The Balaban J connectivity index is 2.91. The number of sulfonamides is 1. The van der Waals surface area contributed by atoms with Gasteiger partial charge in [0.1, 0.15) is 4.90 Å². The molecule has 0 bridgehead atoms. The van der Waals surface area contributed by atoms with Crippen molar-refractivity contribution in [1.29, 1.82) is 0 Å². The number of hydrogen-bond acceptors (Lipinski definition) is 5. The Labute approximate surface area is 126 Å². The number of rotatable bonds is 7. The maximum Gasteiger partial charge on any atom is 0.244 e. The summed E-state index contributed by atoms with van der Waals surface area (Å²) in [5.74, 6) is 0. The Morgan fingerprint density at radius 3 is 2.60 bits per heavy atom. The smallest absolute Gasteiger partial charge is 0.244 e. The van der Waals surface area contributed by atoms with Gasteiger partial charge in [0.2, 0.25) is 10.0 Å². The molecule has 0 heterocycles. The average Bonchev–Trinajstić information content (AvgIpc) is 2.40. The van der Waals surface area contributed by atoms with Crippen molar-refractivity contribution in [2.24, 2.45) is 0 Å². The monoisotopic (exact) mass is 317 g/mol. The van der Waals surface area contributed by atoms with Gasteiger partial charge in [-0.2, -0.15) is 11.8 Å². The van der Waals surface area contributed by atoms with Crippen molar-refractivity contribution in [3.05, 3.63) is 18.2 Å². The molecule has 7 heteroatoms. The number of nitrogens with two attached hydrogens (primary N) is 1. The van der Waals surface area contributed by atoms with Crippen LogP contribution in [0.5, 0.6) is 0 Å². The van der Waals surface area contributed by atoms with Crippen LogP contribution in [0, 0.1) is 0 Å². The molecule has 20 heavy (non-hydrogen) atoms. The van der Waals surface area contributed by atoms with Crippen LogP contribution >= 0.6 is 11.8 Å². The second-order valence-corrected chi connectivity index (χ2v) is 8.16. The molecule has 1 aromatic rings. The van der Waals surface area contributed by atoms with Crippen LogP contribution in [0.2, 0.25) is 0 Å². The third-order valence-corrected chi connectivity index (χ3v) is 6.01. The number of nitrogen functional groups attached to an aromatic ring is 1. The molecule has 0 aliphatic carbocycles. The normalized spacial score (nSPS) is 13.4. The van der Waals surface area contributed by atoms with Gasteiger partial charge < -0.3 is 11.1 Å². The van der Waals surface area contributed by atoms with Crippen LogP contribution in [0.25, 0.3) is 0 Å². The van der Waals surface area contributed by atoms with E-state index in [4.69, 9.17) is 5.73 Å². The summed E-state index contributed by atoms with van der Waals surface area (Å²) in [4.78, 5) is 0.144. The van der Waals surface area contributed by atoms with E-state index < -0.39 is 10.0 Å². The maximum atomic E-state index is 12.1. The van der Waals surface area contributed by atoms with Gasteiger partial charge in [-0.05, 0) is 24.8 Å². The summed E-state index contributed by atoms with van der Waals surface area (Å²) in [5.41, 5.74) is 6.93. The summed E-state index contributed by atoms with van der Waals surface area (Å²) in [6, 6.07) is 5.03. The molecule has 0 aliphatic heterocycles. The molecule has 0 saturated carbocycles. The second-order valence-electron chi connectivity index (χ2n) is 4.77. The molecule has 0 spiro atoms. The predicted molar refractivity (Wildman–Crippen MR) is 87.8 cm³/mol. The molecule has 5 nitrogen and oxygen atoms in total. The van der Waals surface area contributed by atoms with Crippen LogP contribution in [0.4, 0.5) is 11.4 Å². The molecule has 0 amide bonds. The zero-order valence-electron chi connectivity index (χ0n) is 12.4. The lowest BCUT2D eigenvalue weighted by atomic mass is 10.2. The first-order valence-electron chi connectivity index (χ1n) is 6.38. The highest BCUT2D eigenvalue weighted by Crippen LogP contribution is 2.28. The van der Waals surface area contributed by atoms with Crippen LogP contribution in [-0.4, -0.2) is 44.9 Å². The minimum absolute atomic E-state index is 0.144. The summed E-state index contributed by atoms with van der Waals surface area (Å²) in [6.07, 6.45) is 3.06. The van der Waals surface area contributed by atoms with Crippen molar-refractivity contribution < 1.29 is 8.42 Å². The van der Waals surface area contributed by atoms with Crippen LogP contribution < -0.4 is 11.1 Å². The first kappa shape index (κ1) is 17.1. The van der Waals surface area contributed by atoms with Gasteiger partial charge in [-0.3, -0.25) is 0 Å². The number of nitrogens with one attached hydrogen (secondary N) is 1. The lowest BCUT2D eigenvalue weighted by Gasteiger charge is -2.17. The molecule has 0 aromatic heterocycles. The van der Waals surface area contributed by atoms with Gasteiger partial charge in [-0.15, -0.1) is 0 Å². The maximum absolute atomic E-state index is 12.1. The van der Waals surface area contributed by atoms with Gasteiger partial charge in [-0.25, -0.2) is 12.7 Å². The van der Waals surface area contributed by atoms with Crippen LogP contribution in [0.3, 0.4) is 0 Å². The summed E-state index contributed by atoms with van der Waals surface area (Å²) >= 11 is 1.80. The summed E-state index contributed by atoms with van der Waals surface area (Å²) in [5, 5.41) is 3.76. The van der Waals surface area contributed by atoms with E-state index in [1.165, 1.54) is 20.2 Å². The SMILES string of the molecule is CSC(C)CCNc1cccc(S(=O)(=O)N(C)C)c1N. The lowest BCUT2D eigenvalue weighted by molar-refractivity contribution is 0.521. The van der Waals surface area contributed by atoms with E-state index in [-0.39, 0.29) is 10.6 Å². The zero-order valence-corrected chi connectivity index (χ0v) is 14.0. The minimum atomic E-state index is -3.51. The quantitative estimate of drug-likeness (QED) is 0.753. The molecule has 0 aliphatic rings. The first-order chi connectivity index (χ1) is 9.30. The van der Waals surface area contributed by atoms with Crippen molar-refractivity contribution in [3.63, 3.8) is 0 Å². The highest BCUT2D eigenvalue weighted by Gasteiger charge is 2.21. The van der Waals surface area contributed by atoms with E-state index in [2.05, 4.69) is 18.5 Å². The van der Waals surface area contributed by atoms with Crippen molar-refractivity contribution >= 4 is 33.2 Å². The molecule has 1 rings (SSSR count). The third-order valence-electron chi connectivity index (χ3n) is 3.09. The summed E-state index contributed by atoms with van der Waals surface area (Å²) < 4.78 is 25.5. The second kappa shape index (κ2) is 7.19. The number of benzene rings is 1. The fourth-order valence-corrected chi connectivity index (χ4v) is 3.03. The molecule has 0 saturated heterocycles. The Morgan fingerprint density at radius 1 is 1.40 bits per heavy atom. The van der Waals surface area contributed by atoms with Crippen molar-refractivity contribution in [3.8, 4) is 0 Å². The van der Waals surface area contributed by atoms with E-state index in [1.807, 2.05) is 0 Å². The van der Waals surface area contributed by atoms with Crippen molar-refractivity contribution in [2.75, 3.05) is 37.9 Å². The molecule has 1 aromatic carbocycles. The van der Waals surface area contributed by atoms with Gasteiger partial charge in [0, 0.05) is 25.9 Å². The zero-order chi connectivity index (χ0) is 15.3. The summed E-state index contributed by atoms with van der Waals surface area (Å²) in [7, 11) is -0.522. The van der Waals surface area contributed by atoms with Crippen molar-refractivity contribution in [2.45, 2.75) is 23.5 Å². The molecular weight excluding hydrogens is 294 g/mol. The lowest BCUT2D eigenvalue weighted by Crippen LogP contribution is -2.23. The van der Waals surface area contributed by atoms with E-state index in [0.29, 0.717) is 10.9 Å². The molecule has 1 unspecified atom stereocenters. The number of para-hydroxylation sites is 1. The Bertz CT molecular complexity index is 545. The fraction of sp³-hybridized carbons (Fsp3) is 0.538. The molecular formula is C13H23N3O2S2. The van der Waals surface area contributed by atoms with E-state index in [0.717, 1.165) is 17.3 Å². The van der Waals surface area contributed by atoms with Crippen LogP contribution in [0.15, 0.2) is 23.1 Å². The molecule has 114 valence electrons. The minimum Gasteiger partial charge on any atom is -0.396 e. The Kier molecular flexibility index (Phi) is 6.16. The van der Waals surface area contributed by atoms with Gasteiger partial charge in [0.15, 0.2) is 0 Å². The topological polar surface area (TPSA) is 75.4 Å². The third kappa shape index (κ3) is 4.04. The largest absolute Gasteiger partial charge is 0.396 e. The number of nitrogens with zero attached hydrogens (tertiary/aromatic N) is 1. The Morgan fingerprint density at radius 2 is 2.05 bits per heavy atom. The average molecular weight is 317 g/mol. The van der Waals surface area contributed by atoms with E-state index in [1.54, 1.807) is 23.9 Å². The number of anilines is 2. The Hall–Kier alpha value is -0.920. The van der Waals surface area contributed by atoms with Gasteiger partial charge in [-0.1, -0.05) is 13.0 Å². The summed E-state index contributed by atoms with van der Waals surface area (Å²) in [6.45, 7) is 2.92. The van der Waals surface area contributed by atoms with Crippen LogP contribution in [-0.2, 0) is 10.0 Å². The van der Waals surface area contributed by atoms with E-state index in [9.17, 15) is 8.42 Å². The van der Waals surface area contributed by atoms with Crippen LogP contribution in [0.1, 0.15) is 13.3 Å². The standard InChI is InChI=1S/C13H23N3O2S2/c1-10(19-4)8-9-15-11-6-5-7-12(13(11)14)20(17,18)16(2)3/h5-7,10,15H,8-9,14H2,1-4H3. The molecule has 3 N–H and O–H groups in total. The fourth-order valence-electron chi connectivity index (χ4n) is 1.65. The molecule has 0 fully saturated rings. The highest BCUT2D eigenvalue weighted by atomic mass is 32.2. The van der Waals surface area contributed by atoms with Gasteiger partial charge >= 0.3 is 0 Å². The predicted octanol–water partition coefficient (Wildman–Crippen LogP) is 2.07. The highest BCUT2D eigenvalue weighted by molar-refractivity contribution is 7.99. The van der Waals surface area contributed by atoms with Gasteiger partial charge in [0.05, 0.1) is 11.4 Å². The number of hydrogen-bond donors (Lipinski definition) is 2. The van der Waals surface area contributed by atoms with Crippen molar-refractivity contribution in [1.82, 2.24) is 4.31 Å². The molecule has 0 radical (unpaired) electrons. The number of thioether (sulfide) groups is 1. The molecule has 1 atom stereocenters. The first-order valence-corrected chi connectivity index (χ1v) is 9.11.